The number of halogens is 1. The first-order valence-corrected chi connectivity index (χ1v) is 4.98. The molecule has 0 saturated carbocycles. The zero-order valence-corrected chi connectivity index (χ0v) is 8.96. The minimum Gasteiger partial charge on any atom is -0.147 e. The minimum absolute atomic E-state index is 0. The Bertz CT molecular complexity index is 213. The van der Waals surface area contributed by atoms with Crippen molar-refractivity contribution in [1.82, 2.24) is 0 Å². The lowest BCUT2D eigenvalue weighted by Crippen LogP contribution is -1.94. The third-order valence-corrected chi connectivity index (χ3v) is 2.38. The summed E-state index contributed by atoms with van der Waals surface area (Å²) in [6.07, 6.45) is 0. The molecule has 1 rings (SSSR count). The van der Waals surface area contributed by atoms with E-state index in [-0.39, 0.29) is 12.4 Å². The van der Waals surface area contributed by atoms with E-state index in [1.807, 2.05) is 0 Å². The number of hydrogen-bond acceptors (Lipinski definition) is 0. The summed E-state index contributed by atoms with van der Waals surface area (Å²) >= 11 is 0. The van der Waals surface area contributed by atoms with E-state index in [9.17, 15) is 0 Å². The second-order valence-electron chi connectivity index (χ2n) is 2.63. The van der Waals surface area contributed by atoms with Crippen LogP contribution in [0.3, 0.4) is 0 Å². The van der Waals surface area contributed by atoms with Crippen molar-refractivity contribution in [1.29, 1.82) is 0 Å². The molecule has 0 amide bonds. The van der Waals surface area contributed by atoms with Crippen molar-refractivity contribution in [3.63, 3.8) is 0 Å². The van der Waals surface area contributed by atoms with E-state index in [0.717, 1.165) is 8.58 Å². The molecule has 11 heavy (non-hydrogen) atoms. The Balaban J connectivity index is 0.000001000. The molecule has 1 aromatic rings. The van der Waals surface area contributed by atoms with Crippen molar-refractivity contribution >= 4 is 26.3 Å². The molecule has 1 atom stereocenters. The van der Waals surface area contributed by atoms with E-state index in [1.165, 1.54) is 16.4 Å². The molecule has 0 aliphatic rings. The van der Waals surface area contributed by atoms with Gasteiger partial charge in [0.05, 0.1) is 0 Å². The van der Waals surface area contributed by atoms with Crippen LogP contribution in [0.25, 0.3) is 0 Å². The third-order valence-electron chi connectivity index (χ3n) is 1.51. The van der Waals surface area contributed by atoms with Crippen LogP contribution in [0.15, 0.2) is 18.2 Å². The highest BCUT2D eigenvalue weighted by molar-refractivity contribution is 7.46. The summed E-state index contributed by atoms with van der Waals surface area (Å²) in [5, 5.41) is 1.47. The molecule has 1 unspecified atom stereocenters. The summed E-state index contributed by atoms with van der Waals surface area (Å²) in [6.45, 7) is 6.52. The van der Waals surface area contributed by atoms with Gasteiger partial charge in [0.15, 0.2) is 0 Å². The van der Waals surface area contributed by atoms with Crippen LogP contribution >= 0.6 is 21.0 Å². The summed E-state index contributed by atoms with van der Waals surface area (Å²) in [6, 6.07) is 6.72. The van der Waals surface area contributed by atoms with E-state index < -0.39 is 0 Å². The van der Waals surface area contributed by atoms with Crippen LogP contribution in [0.5, 0.6) is 0 Å². The molecule has 0 aliphatic carbocycles. The largest absolute Gasteiger partial charge is 0.147 e. The van der Waals surface area contributed by atoms with Gasteiger partial charge in [0, 0.05) is 0 Å². The number of rotatable bonds is 1. The highest BCUT2D eigenvalue weighted by Gasteiger charge is 1.91. The zero-order valence-electron chi connectivity index (χ0n) is 7.14. The molecular formula is C9H14ClP. The topological polar surface area (TPSA) is 0 Å². The van der Waals surface area contributed by atoms with Gasteiger partial charge < -0.3 is 0 Å². The van der Waals surface area contributed by atoms with Gasteiger partial charge in [-0.15, -0.1) is 12.4 Å². The summed E-state index contributed by atoms with van der Waals surface area (Å²) < 4.78 is 0. The van der Waals surface area contributed by atoms with Gasteiger partial charge >= 0.3 is 0 Å². The quantitative estimate of drug-likeness (QED) is 0.595. The van der Waals surface area contributed by atoms with Crippen LogP contribution in [-0.2, 0) is 0 Å². The Morgan fingerprint density at radius 2 is 1.45 bits per heavy atom. The second kappa shape index (κ2) is 4.74. The lowest BCUT2D eigenvalue weighted by molar-refractivity contribution is 1.41. The fourth-order valence-corrected chi connectivity index (χ4v) is 1.86. The normalized spacial score (nSPS) is 10.1. The monoisotopic (exact) mass is 188 g/mol. The molecule has 2 heteroatoms. The standard InChI is InChI=1S/C9H13P.ClH/c1-7-4-8(2)6-9(5-7)10-3;/h4-6,10H,1-3H3;1H. The number of hydrogen-bond donors (Lipinski definition) is 0. The van der Waals surface area contributed by atoms with Crippen molar-refractivity contribution in [2.24, 2.45) is 0 Å². The van der Waals surface area contributed by atoms with Crippen LogP contribution < -0.4 is 5.30 Å². The van der Waals surface area contributed by atoms with Gasteiger partial charge in [-0.05, 0) is 25.8 Å². The third kappa shape index (κ3) is 3.22. The molecule has 62 valence electrons. The van der Waals surface area contributed by atoms with Crippen molar-refractivity contribution in [3.8, 4) is 0 Å². The number of aryl methyl sites for hydroxylation is 2. The van der Waals surface area contributed by atoms with Gasteiger partial charge in [0.1, 0.15) is 0 Å². The maximum Gasteiger partial charge on any atom is -0.0269 e. The van der Waals surface area contributed by atoms with Crippen molar-refractivity contribution in [3.05, 3.63) is 29.3 Å². The molecule has 0 nitrogen and oxygen atoms in total. The maximum absolute atomic E-state index is 2.26. The predicted octanol–water partition coefficient (Wildman–Crippen LogP) is 2.66. The average molecular weight is 189 g/mol. The predicted molar refractivity (Wildman–Crippen MR) is 57.0 cm³/mol. The van der Waals surface area contributed by atoms with E-state index in [2.05, 4.69) is 38.7 Å². The summed E-state index contributed by atoms with van der Waals surface area (Å²) in [7, 11) is 0.923. The smallest absolute Gasteiger partial charge is 0.0269 e. The molecule has 0 bridgehead atoms. The van der Waals surface area contributed by atoms with Gasteiger partial charge in [0.2, 0.25) is 0 Å². The molecular weight excluding hydrogens is 175 g/mol. The van der Waals surface area contributed by atoms with Crippen molar-refractivity contribution < 1.29 is 0 Å². The van der Waals surface area contributed by atoms with Gasteiger partial charge in [-0.2, -0.15) is 0 Å². The Hall–Kier alpha value is -0.0600. The van der Waals surface area contributed by atoms with E-state index >= 15 is 0 Å². The SMILES string of the molecule is CPc1cc(C)cc(C)c1.Cl. The maximum atomic E-state index is 2.26. The second-order valence-corrected chi connectivity index (χ2v) is 3.70. The van der Waals surface area contributed by atoms with Gasteiger partial charge in [0.25, 0.3) is 0 Å². The summed E-state index contributed by atoms with van der Waals surface area (Å²) in [5.41, 5.74) is 2.76. The van der Waals surface area contributed by atoms with Crippen LogP contribution in [-0.4, -0.2) is 6.66 Å². The lowest BCUT2D eigenvalue weighted by atomic mass is 10.2. The Kier molecular flexibility index (Phi) is 4.72. The molecule has 0 fully saturated rings. The molecule has 0 N–H and O–H groups in total. The molecule has 1 aromatic carbocycles. The molecule has 0 spiro atoms. The van der Waals surface area contributed by atoms with Gasteiger partial charge in [-0.1, -0.05) is 37.9 Å². The van der Waals surface area contributed by atoms with Gasteiger partial charge in [-0.3, -0.25) is 0 Å². The Morgan fingerprint density at radius 3 is 1.82 bits per heavy atom. The first kappa shape index (κ1) is 10.9. The van der Waals surface area contributed by atoms with Crippen molar-refractivity contribution in [2.45, 2.75) is 13.8 Å². The molecule has 0 aromatic heterocycles. The Morgan fingerprint density at radius 1 is 1.00 bits per heavy atom. The van der Waals surface area contributed by atoms with Crippen LogP contribution in [0, 0.1) is 13.8 Å². The van der Waals surface area contributed by atoms with E-state index in [1.54, 1.807) is 0 Å². The van der Waals surface area contributed by atoms with Gasteiger partial charge in [-0.25, -0.2) is 0 Å². The minimum atomic E-state index is 0. The Labute approximate surface area is 76.6 Å². The van der Waals surface area contributed by atoms with Crippen LogP contribution in [0.2, 0.25) is 0 Å². The molecule has 0 heterocycles. The van der Waals surface area contributed by atoms with Crippen molar-refractivity contribution in [2.75, 3.05) is 6.66 Å². The highest BCUT2D eigenvalue weighted by Crippen LogP contribution is 2.08. The fraction of sp³-hybridized carbons (Fsp3) is 0.333. The number of benzene rings is 1. The zero-order chi connectivity index (χ0) is 7.56. The van der Waals surface area contributed by atoms with Crippen LogP contribution in [0.1, 0.15) is 11.1 Å². The lowest BCUT2D eigenvalue weighted by Gasteiger charge is -2.00. The molecule has 0 radical (unpaired) electrons. The molecule has 0 aliphatic heterocycles. The van der Waals surface area contributed by atoms with Crippen LogP contribution in [0.4, 0.5) is 0 Å². The van der Waals surface area contributed by atoms with E-state index in [0.29, 0.717) is 0 Å². The molecule has 0 saturated heterocycles. The first-order chi connectivity index (χ1) is 4.72. The first-order valence-electron chi connectivity index (χ1n) is 3.48. The summed E-state index contributed by atoms with van der Waals surface area (Å²) in [4.78, 5) is 0. The average Bonchev–Trinajstić information content (AvgIpc) is 1.85. The van der Waals surface area contributed by atoms with E-state index in [4.69, 9.17) is 0 Å². The fourth-order valence-electron chi connectivity index (χ4n) is 1.12. The highest BCUT2D eigenvalue weighted by atomic mass is 35.5. The summed E-state index contributed by atoms with van der Waals surface area (Å²) in [5.74, 6) is 0.